The van der Waals surface area contributed by atoms with Crippen molar-refractivity contribution in [2.24, 2.45) is 5.18 Å². The monoisotopic (exact) mass is 489 g/mol. The number of rotatable bonds is 7. The van der Waals surface area contributed by atoms with Crippen molar-refractivity contribution in [1.29, 1.82) is 0 Å². The summed E-state index contributed by atoms with van der Waals surface area (Å²) in [4.78, 5) is 11.6. The number of H-pyrrole nitrogens is 1. The van der Waals surface area contributed by atoms with Crippen LogP contribution in [0.5, 0.6) is 11.5 Å². The molecule has 6 nitrogen and oxygen atoms in total. The van der Waals surface area contributed by atoms with E-state index in [9.17, 15) is 18.1 Å². The lowest BCUT2D eigenvalue weighted by atomic mass is 9.97. The lowest BCUT2D eigenvalue weighted by Gasteiger charge is -2.14. The Labute approximate surface area is 198 Å². The quantitative estimate of drug-likeness (QED) is 0.351. The van der Waals surface area contributed by atoms with E-state index in [0.717, 1.165) is 23.4 Å². The lowest BCUT2D eigenvalue weighted by molar-refractivity contribution is -0.140. The van der Waals surface area contributed by atoms with Crippen molar-refractivity contribution in [3.63, 3.8) is 0 Å². The van der Waals surface area contributed by atoms with Gasteiger partial charge in [-0.05, 0) is 59.5 Å². The van der Waals surface area contributed by atoms with E-state index in [4.69, 9.17) is 21.1 Å². The molecule has 0 unspecified atom stereocenters. The fraction of sp³-hybridized carbons (Fsp3) is 0.208. The first kappa shape index (κ1) is 23.6. The van der Waals surface area contributed by atoms with Gasteiger partial charge in [0.1, 0.15) is 35.2 Å². The van der Waals surface area contributed by atoms with E-state index in [2.05, 4.69) is 15.4 Å². The van der Waals surface area contributed by atoms with Crippen molar-refractivity contribution in [2.75, 3.05) is 13.7 Å². The summed E-state index contributed by atoms with van der Waals surface area (Å²) in [6.07, 6.45) is 0.477. The standard InChI is InChI=1S/C24H19ClF3N3O3/c1-33-17-8-4-15(5-9-17)21-22(29-30-23(21)24(26,27)28)19-11-10-18(12-20(19)31-32)34-13-14-2-6-16(25)7-3-14/h2,4-6,8-12H,3,7,13H2,1H3,(H,29,30). The van der Waals surface area contributed by atoms with Gasteiger partial charge >= 0.3 is 6.18 Å². The van der Waals surface area contributed by atoms with Crippen LogP contribution in [0.3, 0.4) is 0 Å². The molecule has 0 atom stereocenters. The molecule has 0 aliphatic heterocycles. The van der Waals surface area contributed by atoms with Gasteiger partial charge in [0.25, 0.3) is 0 Å². The summed E-state index contributed by atoms with van der Waals surface area (Å²) in [7, 11) is 1.46. The summed E-state index contributed by atoms with van der Waals surface area (Å²) in [5.74, 6) is 0.849. The molecule has 10 heteroatoms. The minimum Gasteiger partial charge on any atom is -0.497 e. The Morgan fingerprint density at radius 2 is 1.82 bits per heavy atom. The number of hydrogen-bond acceptors (Lipinski definition) is 5. The molecule has 0 saturated carbocycles. The highest BCUT2D eigenvalue weighted by molar-refractivity contribution is 6.29. The topological polar surface area (TPSA) is 76.6 Å². The molecule has 1 aliphatic rings. The van der Waals surface area contributed by atoms with E-state index in [1.807, 2.05) is 12.2 Å². The van der Waals surface area contributed by atoms with Gasteiger partial charge in [0.15, 0.2) is 0 Å². The van der Waals surface area contributed by atoms with E-state index in [1.165, 1.54) is 31.4 Å². The number of nitrogens with one attached hydrogen (secondary N) is 1. The minimum absolute atomic E-state index is 0.0478. The normalized spacial score (nSPS) is 13.8. The Hall–Kier alpha value is -3.59. The molecular weight excluding hydrogens is 471 g/mol. The van der Waals surface area contributed by atoms with Crippen molar-refractivity contribution in [1.82, 2.24) is 10.2 Å². The van der Waals surface area contributed by atoms with Crippen LogP contribution in [0.4, 0.5) is 18.9 Å². The predicted molar refractivity (Wildman–Crippen MR) is 123 cm³/mol. The van der Waals surface area contributed by atoms with Crippen LogP contribution in [0.1, 0.15) is 18.5 Å². The van der Waals surface area contributed by atoms with Crippen molar-refractivity contribution in [2.45, 2.75) is 19.0 Å². The average Bonchev–Trinajstić information content (AvgIpc) is 3.29. The molecule has 1 aliphatic carbocycles. The molecule has 4 rings (SSSR count). The number of nitroso groups, excluding NO2 is 1. The van der Waals surface area contributed by atoms with E-state index in [-0.39, 0.29) is 34.7 Å². The molecule has 2 aromatic carbocycles. The molecule has 1 N–H and O–H groups in total. The Bertz CT molecular complexity index is 1260. The molecule has 0 spiro atoms. The Morgan fingerprint density at radius 3 is 2.44 bits per heavy atom. The second-order valence-electron chi connectivity index (χ2n) is 7.55. The summed E-state index contributed by atoms with van der Waals surface area (Å²) in [5.41, 5.74) is 0.0709. The van der Waals surface area contributed by atoms with E-state index >= 15 is 0 Å². The first-order valence-electron chi connectivity index (χ1n) is 10.2. The SMILES string of the molecule is COc1ccc(-c2c(-c3ccc(OCC4=CC=C(Cl)CC4)cc3N=O)n[nH]c2C(F)(F)F)cc1. The highest BCUT2D eigenvalue weighted by atomic mass is 35.5. The van der Waals surface area contributed by atoms with Gasteiger partial charge in [-0.1, -0.05) is 29.8 Å². The Kier molecular flexibility index (Phi) is 6.74. The number of methoxy groups -OCH3 is 1. The number of halogens is 4. The number of nitrogens with zero attached hydrogens (tertiary/aromatic N) is 2. The van der Waals surface area contributed by atoms with Crippen LogP contribution in [0.2, 0.25) is 0 Å². The van der Waals surface area contributed by atoms with Crippen LogP contribution < -0.4 is 9.47 Å². The zero-order valence-electron chi connectivity index (χ0n) is 17.9. The lowest BCUT2D eigenvalue weighted by Crippen LogP contribution is -2.07. The zero-order chi connectivity index (χ0) is 24.3. The van der Waals surface area contributed by atoms with Gasteiger partial charge in [-0.3, -0.25) is 5.10 Å². The van der Waals surface area contributed by atoms with Gasteiger partial charge in [-0.15, -0.1) is 4.91 Å². The van der Waals surface area contributed by atoms with Crippen molar-refractivity contribution in [3.8, 4) is 33.9 Å². The Balaban J connectivity index is 1.71. The molecule has 0 bridgehead atoms. The number of hydrogen-bond donors (Lipinski definition) is 1. The predicted octanol–water partition coefficient (Wildman–Crippen LogP) is 7.39. The molecule has 0 amide bonds. The first-order valence-corrected chi connectivity index (χ1v) is 10.6. The summed E-state index contributed by atoms with van der Waals surface area (Å²) >= 11 is 5.96. The third kappa shape index (κ3) is 4.99. The molecule has 0 saturated heterocycles. The van der Waals surface area contributed by atoms with Crippen molar-refractivity contribution in [3.05, 3.63) is 75.8 Å². The number of allylic oxidation sites excluding steroid dienone is 3. The fourth-order valence-corrected chi connectivity index (χ4v) is 3.77. The van der Waals surface area contributed by atoms with Gasteiger partial charge in [-0.2, -0.15) is 18.3 Å². The van der Waals surface area contributed by atoms with Gasteiger partial charge in [0.2, 0.25) is 0 Å². The smallest absolute Gasteiger partial charge is 0.433 e. The van der Waals surface area contributed by atoms with Crippen LogP contribution in [-0.2, 0) is 6.18 Å². The number of benzene rings is 2. The highest BCUT2D eigenvalue weighted by Gasteiger charge is 2.38. The molecule has 34 heavy (non-hydrogen) atoms. The summed E-state index contributed by atoms with van der Waals surface area (Å²) in [5, 5.41) is 9.75. The minimum atomic E-state index is -4.69. The largest absolute Gasteiger partial charge is 0.497 e. The van der Waals surface area contributed by atoms with Crippen molar-refractivity contribution >= 4 is 17.3 Å². The van der Waals surface area contributed by atoms with Crippen LogP contribution in [0.25, 0.3) is 22.4 Å². The number of alkyl halides is 3. The zero-order valence-corrected chi connectivity index (χ0v) is 18.7. The molecular formula is C24H19ClF3N3O3. The summed E-state index contributed by atoms with van der Waals surface area (Å²) < 4.78 is 52.1. The second kappa shape index (κ2) is 9.72. The van der Waals surface area contributed by atoms with Crippen LogP contribution in [0, 0.1) is 4.91 Å². The van der Waals surface area contributed by atoms with E-state index in [1.54, 1.807) is 18.2 Å². The van der Waals surface area contributed by atoms with Gasteiger partial charge < -0.3 is 9.47 Å². The molecule has 1 heterocycles. The van der Waals surface area contributed by atoms with E-state index < -0.39 is 11.9 Å². The van der Waals surface area contributed by atoms with Gasteiger partial charge in [0, 0.05) is 22.2 Å². The third-order valence-corrected chi connectivity index (χ3v) is 5.68. The van der Waals surface area contributed by atoms with Gasteiger partial charge in [0.05, 0.1) is 7.11 Å². The van der Waals surface area contributed by atoms with Crippen LogP contribution in [0.15, 0.2) is 70.4 Å². The molecule has 3 aromatic rings. The number of aromatic amines is 1. The van der Waals surface area contributed by atoms with Crippen molar-refractivity contribution < 1.29 is 22.6 Å². The summed E-state index contributed by atoms with van der Waals surface area (Å²) in [6.45, 7) is 0.288. The first-order chi connectivity index (χ1) is 16.3. The van der Waals surface area contributed by atoms with Crippen LogP contribution >= 0.6 is 11.6 Å². The molecule has 176 valence electrons. The number of ether oxygens (including phenoxy) is 2. The van der Waals surface area contributed by atoms with Crippen LogP contribution in [-0.4, -0.2) is 23.9 Å². The van der Waals surface area contributed by atoms with E-state index in [0.29, 0.717) is 11.5 Å². The Morgan fingerprint density at radius 1 is 1.09 bits per heavy atom. The number of aromatic nitrogens is 2. The molecule has 0 fully saturated rings. The summed E-state index contributed by atoms with van der Waals surface area (Å²) in [6, 6.07) is 10.5. The van der Waals surface area contributed by atoms with Gasteiger partial charge in [-0.25, -0.2) is 0 Å². The average molecular weight is 490 g/mol. The highest BCUT2D eigenvalue weighted by Crippen LogP contribution is 2.44. The third-order valence-electron chi connectivity index (χ3n) is 5.36. The molecule has 1 aromatic heterocycles. The maximum atomic E-state index is 13.7. The second-order valence-corrected chi connectivity index (χ2v) is 8.03. The maximum Gasteiger partial charge on any atom is 0.433 e. The molecule has 0 radical (unpaired) electrons. The fourth-order valence-electron chi connectivity index (χ4n) is 3.61. The maximum absolute atomic E-state index is 13.7.